The number of piperidine rings is 1. The smallest absolute Gasteiger partial charge is 0.0813 e. The maximum Gasteiger partial charge on any atom is 0.0813 e. The van der Waals surface area contributed by atoms with E-state index in [0.717, 1.165) is 24.9 Å². The summed E-state index contributed by atoms with van der Waals surface area (Å²) in [5.41, 5.74) is 0.542. The van der Waals surface area contributed by atoms with Crippen LogP contribution in [0.1, 0.15) is 18.4 Å². The number of nitrogens with zero attached hydrogens (tertiary/aromatic N) is 2. The van der Waals surface area contributed by atoms with Crippen LogP contribution in [-0.4, -0.2) is 33.6 Å². The summed E-state index contributed by atoms with van der Waals surface area (Å²) in [6.45, 7) is 1.72. The molecule has 0 radical (unpaired) electrons. The molecular formula is C10H17N3O. The quantitative estimate of drug-likeness (QED) is 0.702. The number of rotatable bonds is 2. The lowest BCUT2D eigenvalue weighted by Gasteiger charge is -2.32. The van der Waals surface area contributed by atoms with Gasteiger partial charge in [-0.1, -0.05) is 0 Å². The summed E-state index contributed by atoms with van der Waals surface area (Å²) in [6.07, 6.45) is 6.43. The lowest BCUT2D eigenvalue weighted by molar-refractivity contribution is 0.0169. The molecule has 1 aromatic rings. The summed E-state index contributed by atoms with van der Waals surface area (Å²) in [6, 6.07) is 0. The number of aromatic nitrogens is 2. The largest absolute Gasteiger partial charge is 0.388 e. The molecule has 0 spiro atoms. The third-order valence-corrected chi connectivity index (χ3v) is 2.74. The van der Waals surface area contributed by atoms with Gasteiger partial charge < -0.3 is 10.4 Å². The highest BCUT2D eigenvalue weighted by molar-refractivity contribution is 5.09. The molecule has 4 heteroatoms. The molecule has 1 atom stereocenters. The molecule has 2 N–H and O–H groups in total. The molecule has 0 aromatic carbocycles. The van der Waals surface area contributed by atoms with Gasteiger partial charge in [0.2, 0.25) is 0 Å². The van der Waals surface area contributed by atoms with Crippen LogP contribution in [0.4, 0.5) is 0 Å². The van der Waals surface area contributed by atoms with E-state index >= 15 is 0 Å². The number of aliphatic hydroxyl groups is 1. The molecule has 78 valence electrons. The summed E-state index contributed by atoms with van der Waals surface area (Å²) in [7, 11) is 1.90. The van der Waals surface area contributed by atoms with Crippen LogP contribution in [0.2, 0.25) is 0 Å². The molecule has 0 aliphatic carbocycles. The average Bonchev–Trinajstić information content (AvgIpc) is 2.51. The van der Waals surface area contributed by atoms with Crippen molar-refractivity contribution in [2.45, 2.75) is 24.9 Å². The van der Waals surface area contributed by atoms with Crippen LogP contribution in [0.5, 0.6) is 0 Å². The Morgan fingerprint density at radius 1 is 1.71 bits per heavy atom. The Hall–Kier alpha value is -0.870. The Kier molecular flexibility index (Phi) is 2.56. The van der Waals surface area contributed by atoms with Crippen molar-refractivity contribution in [1.82, 2.24) is 15.1 Å². The fraction of sp³-hybridized carbons (Fsp3) is 0.700. The van der Waals surface area contributed by atoms with Crippen molar-refractivity contribution in [3.8, 4) is 0 Å². The van der Waals surface area contributed by atoms with Crippen molar-refractivity contribution in [3.05, 3.63) is 18.0 Å². The Morgan fingerprint density at radius 2 is 2.57 bits per heavy atom. The standard InChI is InChI=1S/C10H17N3O/c1-13-7-9(6-12-13)5-10(14)3-2-4-11-8-10/h6-7,11,14H,2-5,8H2,1H3. The van der Waals surface area contributed by atoms with Crippen LogP contribution < -0.4 is 5.32 Å². The SMILES string of the molecule is Cn1cc(CC2(O)CCCNC2)cn1. The van der Waals surface area contributed by atoms with Gasteiger partial charge in [0, 0.05) is 26.2 Å². The van der Waals surface area contributed by atoms with Crippen molar-refractivity contribution in [2.75, 3.05) is 13.1 Å². The van der Waals surface area contributed by atoms with E-state index in [1.165, 1.54) is 0 Å². The van der Waals surface area contributed by atoms with Gasteiger partial charge in [0.15, 0.2) is 0 Å². The molecule has 1 saturated heterocycles. The number of β-amino-alcohol motifs (C(OH)–C–C–N with tert-alkyl or cyclic N) is 1. The van der Waals surface area contributed by atoms with Crippen molar-refractivity contribution < 1.29 is 5.11 Å². The van der Waals surface area contributed by atoms with Gasteiger partial charge in [-0.05, 0) is 24.9 Å². The van der Waals surface area contributed by atoms with E-state index in [2.05, 4.69) is 10.4 Å². The Morgan fingerprint density at radius 3 is 3.14 bits per heavy atom. The van der Waals surface area contributed by atoms with Crippen molar-refractivity contribution >= 4 is 0 Å². The Balaban J connectivity index is 2.01. The maximum atomic E-state index is 10.2. The summed E-state index contributed by atoms with van der Waals surface area (Å²) >= 11 is 0. The average molecular weight is 195 g/mol. The van der Waals surface area contributed by atoms with Crippen LogP contribution in [0, 0.1) is 0 Å². The van der Waals surface area contributed by atoms with Gasteiger partial charge in [-0.2, -0.15) is 5.10 Å². The second kappa shape index (κ2) is 3.71. The third-order valence-electron chi connectivity index (χ3n) is 2.74. The van der Waals surface area contributed by atoms with Gasteiger partial charge in [-0.25, -0.2) is 0 Å². The monoisotopic (exact) mass is 195 g/mol. The van der Waals surface area contributed by atoms with E-state index in [9.17, 15) is 5.11 Å². The molecule has 1 fully saturated rings. The molecule has 0 bridgehead atoms. The molecule has 2 heterocycles. The van der Waals surface area contributed by atoms with Gasteiger partial charge in [-0.3, -0.25) is 4.68 Å². The number of hydrogen-bond acceptors (Lipinski definition) is 3. The first-order valence-electron chi connectivity index (χ1n) is 5.09. The van der Waals surface area contributed by atoms with Crippen LogP contribution >= 0.6 is 0 Å². The van der Waals surface area contributed by atoms with Gasteiger partial charge in [0.1, 0.15) is 0 Å². The van der Waals surface area contributed by atoms with Gasteiger partial charge >= 0.3 is 0 Å². The van der Waals surface area contributed by atoms with E-state index in [1.807, 2.05) is 19.4 Å². The molecular weight excluding hydrogens is 178 g/mol. The molecule has 4 nitrogen and oxygen atoms in total. The molecule has 2 rings (SSSR count). The normalized spacial score (nSPS) is 27.9. The van der Waals surface area contributed by atoms with Gasteiger partial charge in [0.05, 0.1) is 11.8 Å². The highest BCUT2D eigenvalue weighted by Gasteiger charge is 2.29. The number of hydrogen-bond donors (Lipinski definition) is 2. The second-order valence-electron chi connectivity index (χ2n) is 4.20. The van der Waals surface area contributed by atoms with Crippen molar-refractivity contribution in [3.63, 3.8) is 0 Å². The fourth-order valence-corrected chi connectivity index (χ4v) is 2.05. The zero-order chi connectivity index (χ0) is 10.0. The molecule has 1 unspecified atom stereocenters. The second-order valence-corrected chi connectivity index (χ2v) is 4.20. The van der Waals surface area contributed by atoms with E-state index in [4.69, 9.17) is 0 Å². The first-order valence-corrected chi connectivity index (χ1v) is 5.09. The first-order chi connectivity index (χ1) is 6.68. The zero-order valence-electron chi connectivity index (χ0n) is 8.53. The highest BCUT2D eigenvalue weighted by Crippen LogP contribution is 2.20. The molecule has 1 aliphatic rings. The zero-order valence-corrected chi connectivity index (χ0v) is 8.53. The minimum atomic E-state index is -0.568. The molecule has 1 aliphatic heterocycles. The van der Waals surface area contributed by atoms with Crippen LogP contribution in [0.3, 0.4) is 0 Å². The molecule has 0 saturated carbocycles. The van der Waals surface area contributed by atoms with E-state index in [0.29, 0.717) is 13.0 Å². The van der Waals surface area contributed by atoms with Crippen molar-refractivity contribution in [1.29, 1.82) is 0 Å². The van der Waals surface area contributed by atoms with Crippen molar-refractivity contribution in [2.24, 2.45) is 7.05 Å². The topological polar surface area (TPSA) is 50.1 Å². The third kappa shape index (κ3) is 2.13. The van der Waals surface area contributed by atoms with Gasteiger partial charge in [0.25, 0.3) is 0 Å². The van der Waals surface area contributed by atoms with E-state index in [1.54, 1.807) is 4.68 Å². The summed E-state index contributed by atoms with van der Waals surface area (Å²) in [4.78, 5) is 0. The summed E-state index contributed by atoms with van der Waals surface area (Å²) in [5.74, 6) is 0. The maximum absolute atomic E-state index is 10.2. The Labute approximate surface area is 83.9 Å². The predicted molar refractivity (Wildman–Crippen MR) is 54.0 cm³/mol. The summed E-state index contributed by atoms with van der Waals surface area (Å²) < 4.78 is 1.77. The van der Waals surface area contributed by atoms with Crippen LogP contribution in [-0.2, 0) is 13.5 Å². The molecule has 0 amide bonds. The first kappa shape index (κ1) is 9.68. The predicted octanol–water partition coefficient (Wildman–Crippen LogP) is 0.0771. The van der Waals surface area contributed by atoms with Crippen LogP contribution in [0.15, 0.2) is 12.4 Å². The highest BCUT2D eigenvalue weighted by atomic mass is 16.3. The number of aryl methyl sites for hydroxylation is 1. The Bertz CT molecular complexity index is 302. The molecule has 1 aromatic heterocycles. The van der Waals surface area contributed by atoms with E-state index in [-0.39, 0.29) is 0 Å². The molecule has 14 heavy (non-hydrogen) atoms. The lowest BCUT2D eigenvalue weighted by atomic mass is 9.88. The summed E-state index contributed by atoms with van der Waals surface area (Å²) in [5, 5.41) is 17.6. The van der Waals surface area contributed by atoms with Gasteiger partial charge in [-0.15, -0.1) is 0 Å². The fourth-order valence-electron chi connectivity index (χ4n) is 2.05. The van der Waals surface area contributed by atoms with E-state index < -0.39 is 5.60 Å². The minimum Gasteiger partial charge on any atom is -0.388 e. The lowest BCUT2D eigenvalue weighted by Crippen LogP contribution is -2.47. The minimum absolute atomic E-state index is 0.568. The van der Waals surface area contributed by atoms with Crippen LogP contribution in [0.25, 0.3) is 0 Å². The number of nitrogens with one attached hydrogen (secondary N) is 1.